The van der Waals surface area contributed by atoms with Crippen LogP contribution in [0.5, 0.6) is 0 Å². The zero-order chi connectivity index (χ0) is 15.5. The Morgan fingerprint density at radius 3 is 3.09 bits per heavy atom. The van der Waals surface area contributed by atoms with Gasteiger partial charge in [0.2, 0.25) is 0 Å². The fourth-order valence-electron chi connectivity index (χ4n) is 2.18. The molecule has 7 heteroatoms. The van der Waals surface area contributed by atoms with Gasteiger partial charge in [-0.25, -0.2) is 9.50 Å². The highest BCUT2D eigenvalue weighted by molar-refractivity contribution is 7.17. The summed E-state index contributed by atoms with van der Waals surface area (Å²) in [7, 11) is 0. The van der Waals surface area contributed by atoms with E-state index in [1.165, 1.54) is 11.3 Å². The van der Waals surface area contributed by atoms with Crippen molar-refractivity contribution in [3.8, 4) is 0 Å². The predicted molar refractivity (Wildman–Crippen MR) is 87.7 cm³/mol. The summed E-state index contributed by atoms with van der Waals surface area (Å²) in [6.45, 7) is 2.56. The molecule has 0 spiro atoms. The first-order chi connectivity index (χ1) is 10.6. The van der Waals surface area contributed by atoms with Gasteiger partial charge in [-0.05, 0) is 37.5 Å². The highest BCUT2D eigenvalue weighted by Crippen LogP contribution is 2.21. The zero-order valence-electron chi connectivity index (χ0n) is 12.0. The molecule has 0 aliphatic carbocycles. The molecule has 22 heavy (non-hydrogen) atoms. The van der Waals surface area contributed by atoms with Crippen LogP contribution in [-0.4, -0.2) is 27.0 Å². The number of carbonyl (C=O) groups is 1. The van der Waals surface area contributed by atoms with E-state index < -0.39 is 0 Å². The van der Waals surface area contributed by atoms with Crippen LogP contribution < -0.4 is 5.32 Å². The van der Waals surface area contributed by atoms with E-state index in [4.69, 9.17) is 11.6 Å². The minimum Gasteiger partial charge on any atom is -0.351 e. The summed E-state index contributed by atoms with van der Waals surface area (Å²) in [6, 6.07) is 5.41. The molecule has 0 saturated carbocycles. The molecule has 1 amide bonds. The number of rotatable bonds is 5. The number of carbonyl (C=O) groups excluding carboxylic acids is 1. The number of aromatic nitrogens is 3. The maximum Gasteiger partial charge on any atom is 0.261 e. The third kappa shape index (κ3) is 3.45. The molecule has 0 aliphatic rings. The lowest BCUT2D eigenvalue weighted by Crippen LogP contribution is -2.23. The van der Waals surface area contributed by atoms with Gasteiger partial charge < -0.3 is 5.32 Å². The van der Waals surface area contributed by atoms with Crippen molar-refractivity contribution in [2.24, 2.45) is 0 Å². The lowest BCUT2D eigenvalue weighted by atomic mass is 10.2. The highest BCUT2D eigenvalue weighted by atomic mass is 35.5. The highest BCUT2D eigenvalue weighted by Gasteiger charge is 2.07. The van der Waals surface area contributed by atoms with Crippen LogP contribution in [0.3, 0.4) is 0 Å². The van der Waals surface area contributed by atoms with Crippen LogP contribution in [0, 0.1) is 6.92 Å². The van der Waals surface area contributed by atoms with Crippen LogP contribution in [0.25, 0.3) is 5.65 Å². The second-order valence-electron chi connectivity index (χ2n) is 5.01. The number of amides is 1. The van der Waals surface area contributed by atoms with Crippen LogP contribution in [0.2, 0.25) is 4.34 Å². The molecule has 3 aromatic heterocycles. The number of nitrogens with one attached hydrogen (secondary N) is 1. The van der Waals surface area contributed by atoms with Crippen molar-refractivity contribution in [1.29, 1.82) is 0 Å². The molecule has 0 radical (unpaired) electrons. The molecule has 3 rings (SSSR count). The van der Waals surface area contributed by atoms with Gasteiger partial charge in [-0.1, -0.05) is 11.6 Å². The lowest BCUT2D eigenvalue weighted by Gasteiger charge is -2.04. The van der Waals surface area contributed by atoms with Crippen LogP contribution >= 0.6 is 22.9 Å². The van der Waals surface area contributed by atoms with E-state index in [9.17, 15) is 4.79 Å². The first-order valence-electron chi connectivity index (χ1n) is 6.96. The van der Waals surface area contributed by atoms with Gasteiger partial charge in [-0.3, -0.25) is 4.79 Å². The number of thiophene rings is 1. The molecule has 0 fully saturated rings. The average Bonchev–Trinajstić information content (AvgIpc) is 3.07. The van der Waals surface area contributed by atoms with Gasteiger partial charge in [0, 0.05) is 25.0 Å². The third-order valence-electron chi connectivity index (χ3n) is 3.21. The normalized spacial score (nSPS) is 11.0. The van der Waals surface area contributed by atoms with Gasteiger partial charge in [0.25, 0.3) is 5.91 Å². The Labute approximate surface area is 136 Å². The molecule has 1 N–H and O–H groups in total. The minimum absolute atomic E-state index is 0.0758. The Balaban J connectivity index is 1.50. The van der Waals surface area contributed by atoms with Gasteiger partial charge in [0.15, 0.2) is 5.65 Å². The molecule has 0 bridgehead atoms. The fraction of sp³-hybridized carbons (Fsp3) is 0.267. The zero-order valence-corrected chi connectivity index (χ0v) is 13.6. The summed E-state index contributed by atoms with van der Waals surface area (Å²) in [5.41, 5.74) is 2.90. The number of fused-ring (bicyclic) bond motifs is 1. The van der Waals surface area contributed by atoms with E-state index >= 15 is 0 Å². The van der Waals surface area contributed by atoms with Gasteiger partial charge >= 0.3 is 0 Å². The van der Waals surface area contributed by atoms with Crippen molar-refractivity contribution >= 4 is 34.5 Å². The maximum absolute atomic E-state index is 11.9. The van der Waals surface area contributed by atoms with E-state index in [1.807, 2.05) is 25.4 Å². The van der Waals surface area contributed by atoms with E-state index in [1.54, 1.807) is 16.6 Å². The molecule has 3 aromatic rings. The Morgan fingerprint density at radius 1 is 1.45 bits per heavy atom. The van der Waals surface area contributed by atoms with Crippen molar-refractivity contribution in [2.45, 2.75) is 19.8 Å². The quantitative estimate of drug-likeness (QED) is 0.729. The average molecular weight is 335 g/mol. The van der Waals surface area contributed by atoms with E-state index in [-0.39, 0.29) is 5.91 Å². The topological polar surface area (TPSA) is 59.3 Å². The first-order valence-corrected chi connectivity index (χ1v) is 8.16. The van der Waals surface area contributed by atoms with Crippen LogP contribution in [-0.2, 0) is 6.42 Å². The molecule has 114 valence electrons. The Hall–Kier alpha value is -1.92. The molecule has 0 saturated heterocycles. The van der Waals surface area contributed by atoms with E-state index in [0.29, 0.717) is 15.8 Å². The van der Waals surface area contributed by atoms with Crippen molar-refractivity contribution < 1.29 is 4.79 Å². The second-order valence-corrected chi connectivity index (χ2v) is 6.73. The summed E-state index contributed by atoms with van der Waals surface area (Å²) in [5, 5.41) is 7.24. The molecular weight excluding hydrogens is 320 g/mol. The van der Waals surface area contributed by atoms with Gasteiger partial charge in [0.05, 0.1) is 14.9 Å². The van der Waals surface area contributed by atoms with E-state index in [2.05, 4.69) is 15.4 Å². The summed E-state index contributed by atoms with van der Waals surface area (Å²) >= 11 is 7.10. The largest absolute Gasteiger partial charge is 0.351 e. The number of aryl methyl sites for hydroxylation is 2. The maximum atomic E-state index is 11.9. The lowest BCUT2D eigenvalue weighted by molar-refractivity contribution is 0.0957. The number of halogens is 1. The van der Waals surface area contributed by atoms with Gasteiger partial charge in [-0.15, -0.1) is 11.3 Å². The number of hydrogen-bond acceptors (Lipinski definition) is 4. The van der Waals surface area contributed by atoms with Crippen LogP contribution in [0.15, 0.2) is 30.6 Å². The van der Waals surface area contributed by atoms with E-state index in [0.717, 1.165) is 29.7 Å². The van der Waals surface area contributed by atoms with Crippen molar-refractivity contribution in [3.05, 3.63) is 51.1 Å². The summed E-state index contributed by atoms with van der Waals surface area (Å²) in [5.74, 6) is -0.0758. The second kappa shape index (κ2) is 6.46. The Bertz CT molecular complexity index is 811. The van der Waals surface area contributed by atoms with Crippen molar-refractivity contribution in [1.82, 2.24) is 19.9 Å². The summed E-state index contributed by atoms with van der Waals surface area (Å²) in [6.07, 6.45) is 5.53. The molecule has 0 unspecified atom stereocenters. The first kappa shape index (κ1) is 15.0. The Kier molecular flexibility index (Phi) is 4.40. The molecule has 0 aromatic carbocycles. The van der Waals surface area contributed by atoms with Crippen molar-refractivity contribution in [2.75, 3.05) is 6.54 Å². The van der Waals surface area contributed by atoms with Gasteiger partial charge in [0.1, 0.15) is 0 Å². The molecule has 0 aliphatic heterocycles. The third-order valence-corrected chi connectivity index (χ3v) is 4.44. The monoisotopic (exact) mass is 334 g/mol. The fourth-order valence-corrected chi connectivity index (χ4v) is 3.14. The molecular formula is C15H15ClN4OS. The van der Waals surface area contributed by atoms with Gasteiger partial charge in [-0.2, -0.15) is 5.10 Å². The number of nitrogens with zero attached hydrogens (tertiary/aromatic N) is 3. The summed E-state index contributed by atoms with van der Waals surface area (Å²) in [4.78, 5) is 16.9. The predicted octanol–water partition coefficient (Wildman–Crippen LogP) is 3.12. The van der Waals surface area contributed by atoms with Crippen LogP contribution in [0.4, 0.5) is 0 Å². The van der Waals surface area contributed by atoms with Crippen LogP contribution in [0.1, 0.15) is 27.3 Å². The molecule has 3 heterocycles. The Morgan fingerprint density at radius 2 is 2.32 bits per heavy atom. The number of hydrogen-bond donors (Lipinski definition) is 1. The standard InChI is InChI=1S/C15H15ClN4OS/c1-10-7-14-18-8-11(9-20(14)19-10)3-2-6-17-15(21)12-4-5-13(16)22-12/h4-5,7-9H,2-3,6H2,1H3,(H,17,21). The molecule has 5 nitrogen and oxygen atoms in total. The SMILES string of the molecule is Cc1cc2ncc(CCCNC(=O)c3ccc(Cl)s3)cn2n1. The minimum atomic E-state index is -0.0758. The molecule has 0 atom stereocenters. The van der Waals surface area contributed by atoms with Crippen molar-refractivity contribution in [3.63, 3.8) is 0 Å². The summed E-state index contributed by atoms with van der Waals surface area (Å²) < 4.78 is 2.41. The smallest absolute Gasteiger partial charge is 0.261 e.